The molecular weight excluding hydrogens is 234 g/mol. The van der Waals surface area contributed by atoms with Gasteiger partial charge in [0.25, 0.3) is 5.69 Å². The maximum Gasteiger partial charge on any atom is 0.292 e. The Hall–Kier alpha value is -1.95. The number of rotatable bonds is 5. The molecule has 0 aliphatic carbocycles. The van der Waals surface area contributed by atoms with Gasteiger partial charge in [0.2, 0.25) is 5.91 Å². The highest BCUT2D eigenvalue weighted by molar-refractivity contribution is 5.94. The number of benzene rings is 1. The molecule has 0 saturated heterocycles. The Morgan fingerprint density at radius 3 is 2.56 bits per heavy atom. The Bertz CT molecular complexity index is 446. The number of nitrogens with one attached hydrogen (secondary N) is 1. The van der Waals surface area contributed by atoms with Crippen LogP contribution in [0.5, 0.6) is 0 Å². The summed E-state index contributed by atoms with van der Waals surface area (Å²) in [4.78, 5) is 22.2. The van der Waals surface area contributed by atoms with E-state index in [4.69, 9.17) is 5.73 Å². The van der Waals surface area contributed by atoms with Crippen LogP contribution in [0.15, 0.2) is 24.3 Å². The van der Waals surface area contributed by atoms with Gasteiger partial charge in [-0.1, -0.05) is 26.0 Å². The first kappa shape index (κ1) is 14.1. The van der Waals surface area contributed by atoms with Gasteiger partial charge in [0, 0.05) is 12.6 Å². The van der Waals surface area contributed by atoms with Gasteiger partial charge in [-0.2, -0.15) is 0 Å². The first-order valence-corrected chi connectivity index (χ1v) is 5.71. The summed E-state index contributed by atoms with van der Waals surface area (Å²) in [5.41, 5.74) is 5.61. The first-order chi connectivity index (χ1) is 8.47. The number of nitrogens with zero attached hydrogens (tertiary/aromatic N) is 1. The van der Waals surface area contributed by atoms with E-state index in [1.54, 1.807) is 12.1 Å². The molecule has 3 N–H and O–H groups in total. The third kappa shape index (κ3) is 3.27. The zero-order valence-electron chi connectivity index (χ0n) is 10.4. The molecule has 1 aromatic rings. The van der Waals surface area contributed by atoms with Crippen molar-refractivity contribution in [1.82, 2.24) is 0 Å². The number of carbonyl (C=O) groups is 1. The van der Waals surface area contributed by atoms with Crippen molar-refractivity contribution in [2.24, 2.45) is 17.6 Å². The number of nitrogens with two attached hydrogens (primary N) is 1. The number of amides is 1. The highest BCUT2D eigenvalue weighted by Gasteiger charge is 2.23. The van der Waals surface area contributed by atoms with E-state index in [2.05, 4.69) is 5.32 Å². The smallest absolute Gasteiger partial charge is 0.292 e. The monoisotopic (exact) mass is 251 g/mol. The predicted octanol–water partition coefficient (Wildman–Crippen LogP) is 1.76. The molecule has 0 bridgehead atoms. The maximum atomic E-state index is 11.9. The molecule has 1 amide bonds. The van der Waals surface area contributed by atoms with E-state index in [1.165, 1.54) is 12.1 Å². The average Bonchev–Trinajstić information content (AvgIpc) is 2.29. The highest BCUT2D eigenvalue weighted by atomic mass is 16.6. The Balaban J connectivity index is 2.91. The van der Waals surface area contributed by atoms with Crippen molar-refractivity contribution in [1.29, 1.82) is 0 Å². The van der Waals surface area contributed by atoms with E-state index in [0.717, 1.165) is 0 Å². The van der Waals surface area contributed by atoms with E-state index in [-0.39, 0.29) is 35.7 Å². The van der Waals surface area contributed by atoms with Crippen LogP contribution < -0.4 is 11.1 Å². The lowest BCUT2D eigenvalue weighted by Gasteiger charge is -2.18. The fourth-order valence-corrected chi connectivity index (χ4v) is 1.65. The molecule has 0 spiro atoms. The second-order valence-electron chi connectivity index (χ2n) is 4.35. The summed E-state index contributed by atoms with van der Waals surface area (Å²) in [6.45, 7) is 3.98. The second kappa shape index (κ2) is 6.11. The standard InChI is InChI=1S/C12H17N3O3/c1-8(2)9(7-13)12(16)14-10-5-3-4-6-11(10)15(17)18/h3-6,8-9H,7,13H2,1-2H3,(H,14,16). The van der Waals surface area contributed by atoms with Crippen molar-refractivity contribution >= 4 is 17.3 Å². The van der Waals surface area contributed by atoms with Crippen LogP contribution in [0, 0.1) is 22.0 Å². The summed E-state index contributed by atoms with van der Waals surface area (Å²) in [5.74, 6) is -0.565. The van der Waals surface area contributed by atoms with Crippen molar-refractivity contribution in [2.45, 2.75) is 13.8 Å². The summed E-state index contributed by atoms with van der Waals surface area (Å²) in [7, 11) is 0. The van der Waals surface area contributed by atoms with E-state index >= 15 is 0 Å². The zero-order valence-corrected chi connectivity index (χ0v) is 10.4. The topological polar surface area (TPSA) is 98.3 Å². The Morgan fingerprint density at radius 2 is 2.06 bits per heavy atom. The number of para-hydroxylation sites is 2. The van der Waals surface area contributed by atoms with Crippen molar-refractivity contribution < 1.29 is 9.72 Å². The highest BCUT2D eigenvalue weighted by Crippen LogP contribution is 2.24. The lowest BCUT2D eigenvalue weighted by atomic mass is 9.95. The van der Waals surface area contributed by atoms with Crippen LogP contribution in [0.3, 0.4) is 0 Å². The summed E-state index contributed by atoms with van der Waals surface area (Å²) < 4.78 is 0. The van der Waals surface area contributed by atoms with Crippen LogP contribution in [-0.2, 0) is 4.79 Å². The largest absolute Gasteiger partial charge is 0.330 e. The summed E-state index contributed by atoms with van der Waals surface area (Å²) in [5, 5.41) is 13.4. The van der Waals surface area contributed by atoms with E-state index in [0.29, 0.717) is 0 Å². The molecule has 0 saturated carbocycles. The van der Waals surface area contributed by atoms with Gasteiger partial charge in [-0.05, 0) is 12.0 Å². The zero-order chi connectivity index (χ0) is 13.7. The minimum Gasteiger partial charge on any atom is -0.330 e. The fraction of sp³-hybridized carbons (Fsp3) is 0.417. The number of carbonyl (C=O) groups excluding carboxylic acids is 1. The van der Waals surface area contributed by atoms with Crippen molar-refractivity contribution in [2.75, 3.05) is 11.9 Å². The SMILES string of the molecule is CC(C)C(CN)C(=O)Nc1ccccc1[N+](=O)[O-]. The molecule has 1 aromatic carbocycles. The molecule has 98 valence electrons. The lowest BCUT2D eigenvalue weighted by Crippen LogP contribution is -2.33. The van der Waals surface area contributed by atoms with Gasteiger partial charge in [-0.3, -0.25) is 14.9 Å². The van der Waals surface area contributed by atoms with Gasteiger partial charge in [-0.15, -0.1) is 0 Å². The molecule has 0 fully saturated rings. The molecule has 1 atom stereocenters. The van der Waals surface area contributed by atoms with Gasteiger partial charge < -0.3 is 11.1 Å². The quantitative estimate of drug-likeness (QED) is 0.615. The summed E-state index contributed by atoms with van der Waals surface area (Å²) >= 11 is 0. The minimum absolute atomic E-state index is 0.0813. The number of hydrogen-bond donors (Lipinski definition) is 2. The van der Waals surface area contributed by atoms with Gasteiger partial charge in [0.05, 0.1) is 10.8 Å². The predicted molar refractivity (Wildman–Crippen MR) is 69.1 cm³/mol. The number of hydrogen-bond acceptors (Lipinski definition) is 4. The van der Waals surface area contributed by atoms with Gasteiger partial charge in [0.15, 0.2) is 0 Å². The third-order valence-electron chi connectivity index (χ3n) is 2.75. The van der Waals surface area contributed by atoms with E-state index in [9.17, 15) is 14.9 Å². The molecule has 0 aliphatic heterocycles. The van der Waals surface area contributed by atoms with E-state index < -0.39 is 4.92 Å². The molecule has 0 radical (unpaired) electrons. The molecule has 1 rings (SSSR count). The lowest BCUT2D eigenvalue weighted by molar-refractivity contribution is -0.383. The Kier molecular flexibility index (Phi) is 4.79. The van der Waals surface area contributed by atoms with Crippen LogP contribution >= 0.6 is 0 Å². The van der Waals surface area contributed by atoms with Crippen LogP contribution in [0.1, 0.15) is 13.8 Å². The van der Waals surface area contributed by atoms with Crippen LogP contribution in [0.4, 0.5) is 11.4 Å². The summed E-state index contributed by atoms with van der Waals surface area (Å²) in [6.07, 6.45) is 0. The summed E-state index contributed by atoms with van der Waals surface area (Å²) in [6, 6.07) is 6.04. The minimum atomic E-state index is -0.525. The van der Waals surface area contributed by atoms with Crippen molar-refractivity contribution in [3.05, 3.63) is 34.4 Å². The molecule has 1 unspecified atom stereocenters. The number of anilines is 1. The molecular formula is C12H17N3O3. The maximum absolute atomic E-state index is 11.9. The van der Waals surface area contributed by atoms with E-state index in [1.807, 2.05) is 13.8 Å². The fourth-order valence-electron chi connectivity index (χ4n) is 1.65. The average molecular weight is 251 g/mol. The van der Waals surface area contributed by atoms with Crippen LogP contribution in [0.25, 0.3) is 0 Å². The Labute approximate surface area is 105 Å². The molecule has 0 heterocycles. The normalized spacial score (nSPS) is 12.2. The van der Waals surface area contributed by atoms with Gasteiger partial charge >= 0.3 is 0 Å². The second-order valence-corrected chi connectivity index (χ2v) is 4.35. The molecule has 0 aromatic heterocycles. The molecule has 18 heavy (non-hydrogen) atoms. The Morgan fingerprint density at radius 1 is 1.44 bits per heavy atom. The first-order valence-electron chi connectivity index (χ1n) is 5.71. The van der Waals surface area contributed by atoms with Crippen LogP contribution in [0.2, 0.25) is 0 Å². The molecule has 6 nitrogen and oxygen atoms in total. The number of nitro groups is 1. The molecule has 0 aliphatic rings. The van der Waals surface area contributed by atoms with Crippen LogP contribution in [-0.4, -0.2) is 17.4 Å². The van der Waals surface area contributed by atoms with Crippen molar-refractivity contribution in [3.63, 3.8) is 0 Å². The molecule has 6 heteroatoms. The van der Waals surface area contributed by atoms with Crippen molar-refractivity contribution in [3.8, 4) is 0 Å². The van der Waals surface area contributed by atoms with Gasteiger partial charge in [0.1, 0.15) is 5.69 Å². The number of nitro benzene ring substituents is 1. The van der Waals surface area contributed by atoms with Gasteiger partial charge in [-0.25, -0.2) is 0 Å². The third-order valence-corrected chi connectivity index (χ3v) is 2.75.